The third-order valence-corrected chi connectivity index (χ3v) is 16.2. The van der Waals surface area contributed by atoms with Crippen LogP contribution >= 0.6 is 0 Å². The number of rotatable bonds is 58. The number of unbranched alkanes of at least 4 members (excludes halogenated alkanes) is 48. The van der Waals surface area contributed by atoms with E-state index in [1.54, 1.807) is 0 Å². The number of ether oxygens (including phenoxy) is 2. The molecule has 1 saturated heterocycles. The molecule has 9 heteroatoms. The molecule has 0 spiro atoms. The van der Waals surface area contributed by atoms with Crippen LogP contribution in [0, 0.1) is 0 Å². The lowest BCUT2D eigenvalue weighted by atomic mass is 9.99. The van der Waals surface area contributed by atoms with Crippen molar-refractivity contribution in [1.29, 1.82) is 0 Å². The summed E-state index contributed by atoms with van der Waals surface area (Å²) in [5, 5.41) is 54.8. The molecule has 0 bridgehead atoms. The quantitative estimate of drug-likeness (QED) is 0.0330. The highest BCUT2D eigenvalue weighted by Crippen LogP contribution is 2.24. The van der Waals surface area contributed by atoms with Crippen molar-refractivity contribution in [3.05, 3.63) is 0 Å². The summed E-state index contributed by atoms with van der Waals surface area (Å²) in [6.07, 6.45) is 60.2. The fourth-order valence-electron chi connectivity index (χ4n) is 11.0. The van der Waals surface area contributed by atoms with Crippen molar-refractivity contribution >= 4 is 5.91 Å². The molecule has 436 valence electrons. The molecule has 1 amide bonds. The van der Waals surface area contributed by atoms with E-state index in [2.05, 4.69) is 19.2 Å². The standard InChI is InChI=1S/C64H127NO8/c1-3-5-7-9-11-13-15-17-19-21-22-23-24-25-26-27-28-29-30-31-32-33-34-35-36-38-40-42-44-46-48-50-52-54-60(68)65-57(56-72-64-63(71)62(70)61(69)59(55-66)73-64)58(67)53-51-49-47-45-43-41-39-37-20-18-16-14-12-10-8-6-4-2/h57-59,61-64,66-67,69-71H,3-56H2,1-2H3,(H,65,68)/t57-,58+,59+,61+,62?,63?,64+/m0/s1. The van der Waals surface area contributed by atoms with Crippen molar-refractivity contribution in [3.63, 3.8) is 0 Å². The Bertz CT molecular complexity index is 1110. The molecule has 1 aliphatic rings. The molecular formula is C64H127NO8. The van der Waals surface area contributed by atoms with Crippen LogP contribution in [0.25, 0.3) is 0 Å². The summed E-state index contributed by atoms with van der Waals surface area (Å²) in [6.45, 7) is 3.89. The Morgan fingerprint density at radius 3 is 0.973 bits per heavy atom. The number of carbonyl (C=O) groups is 1. The van der Waals surface area contributed by atoms with Gasteiger partial charge in [-0.05, 0) is 12.8 Å². The van der Waals surface area contributed by atoms with Gasteiger partial charge in [-0.1, -0.05) is 328 Å². The zero-order valence-electron chi connectivity index (χ0n) is 48.7. The Morgan fingerprint density at radius 1 is 0.411 bits per heavy atom. The summed E-state index contributed by atoms with van der Waals surface area (Å²) in [7, 11) is 0. The third-order valence-electron chi connectivity index (χ3n) is 16.2. The zero-order chi connectivity index (χ0) is 52.9. The monoisotopic (exact) mass is 1040 g/mol. The number of aliphatic hydroxyl groups excluding tert-OH is 5. The first-order valence-electron chi connectivity index (χ1n) is 32.7. The predicted molar refractivity (Wildman–Crippen MR) is 309 cm³/mol. The van der Waals surface area contributed by atoms with E-state index in [-0.39, 0.29) is 12.5 Å². The summed E-state index contributed by atoms with van der Waals surface area (Å²) in [4.78, 5) is 13.1. The summed E-state index contributed by atoms with van der Waals surface area (Å²) in [5.41, 5.74) is 0. The van der Waals surface area contributed by atoms with E-state index < -0.39 is 49.5 Å². The maximum atomic E-state index is 13.1. The second-order valence-electron chi connectivity index (χ2n) is 23.3. The molecule has 1 aliphatic heterocycles. The predicted octanol–water partition coefficient (Wildman–Crippen LogP) is 17.0. The van der Waals surface area contributed by atoms with E-state index in [0.29, 0.717) is 12.8 Å². The zero-order valence-corrected chi connectivity index (χ0v) is 48.7. The largest absolute Gasteiger partial charge is 0.394 e. The van der Waals surface area contributed by atoms with Gasteiger partial charge in [-0.15, -0.1) is 0 Å². The van der Waals surface area contributed by atoms with E-state index >= 15 is 0 Å². The minimum atomic E-state index is -1.55. The minimum absolute atomic E-state index is 0.131. The number of aliphatic hydroxyl groups is 5. The first-order valence-corrected chi connectivity index (χ1v) is 32.7. The SMILES string of the molecule is CCCCCCCCCCCCCCCCCCCCCCCCCCCCCCCCCCCC(=O)N[C@@H](CO[C@@H]1O[C@H](CO)[C@@H](O)C(O)C1O)[C@H](O)CCCCCCCCCCCCCCCCCCC. The van der Waals surface area contributed by atoms with Gasteiger partial charge in [0.1, 0.15) is 24.4 Å². The number of amides is 1. The van der Waals surface area contributed by atoms with Crippen LogP contribution < -0.4 is 5.32 Å². The number of nitrogens with one attached hydrogen (secondary N) is 1. The first kappa shape index (κ1) is 70.2. The number of hydrogen-bond donors (Lipinski definition) is 6. The van der Waals surface area contributed by atoms with E-state index in [1.165, 1.54) is 283 Å². The maximum absolute atomic E-state index is 13.1. The summed E-state index contributed by atoms with van der Waals surface area (Å²) in [5.74, 6) is -0.135. The van der Waals surface area contributed by atoms with Crippen LogP contribution in [0.3, 0.4) is 0 Å². The van der Waals surface area contributed by atoms with Gasteiger partial charge in [0.25, 0.3) is 0 Å². The molecule has 0 aromatic carbocycles. The highest BCUT2D eigenvalue weighted by atomic mass is 16.7. The van der Waals surface area contributed by atoms with E-state index in [9.17, 15) is 30.3 Å². The second-order valence-corrected chi connectivity index (χ2v) is 23.3. The van der Waals surface area contributed by atoms with Gasteiger partial charge in [-0.3, -0.25) is 4.79 Å². The van der Waals surface area contributed by atoms with Gasteiger partial charge in [0.15, 0.2) is 6.29 Å². The molecule has 73 heavy (non-hydrogen) atoms. The first-order chi connectivity index (χ1) is 35.8. The summed E-state index contributed by atoms with van der Waals surface area (Å²) >= 11 is 0. The number of carbonyl (C=O) groups excluding carboxylic acids is 1. The highest BCUT2D eigenvalue weighted by molar-refractivity contribution is 5.76. The Labute approximate surface area is 453 Å². The highest BCUT2D eigenvalue weighted by Gasteiger charge is 2.44. The van der Waals surface area contributed by atoms with Gasteiger partial charge >= 0.3 is 0 Å². The van der Waals surface area contributed by atoms with Crippen LogP contribution in [0.5, 0.6) is 0 Å². The van der Waals surface area contributed by atoms with E-state index in [4.69, 9.17) is 9.47 Å². The molecule has 0 saturated carbocycles. The average molecular weight is 1040 g/mol. The molecule has 0 radical (unpaired) electrons. The van der Waals surface area contributed by atoms with Gasteiger partial charge in [-0.2, -0.15) is 0 Å². The Hall–Kier alpha value is -0.810. The summed E-state index contributed by atoms with van der Waals surface area (Å²) < 4.78 is 11.3. The normalized spacial score (nSPS) is 18.9. The average Bonchev–Trinajstić information content (AvgIpc) is 3.39. The molecule has 9 nitrogen and oxygen atoms in total. The van der Waals surface area contributed by atoms with Gasteiger partial charge in [0.2, 0.25) is 5.91 Å². The molecule has 0 aromatic heterocycles. The molecule has 1 heterocycles. The van der Waals surface area contributed by atoms with Crippen molar-refractivity contribution in [2.24, 2.45) is 0 Å². The fourth-order valence-corrected chi connectivity index (χ4v) is 11.0. The third kappa shape index (κ3) is 43.8. The fraction of sp³-hybridized carbons (Fsp3) is 0.984. The van der Waals surface area contributed by atoms with Crippen molar-refractivity contribution in [1.82, 2.24) is 5.32 Å². The van der Waals surface area contributed by atoms with Gasteiger partial charge in [0, 0.05) is 6.42 Å². The van der Waals surface area contributed by atoms with Crippen LogP contribution in [-0.4, -0.2) is 87.5 Å². The smallest absolute Gasteiger partial charge is 0.220 e. The topological polar surface area (TPSA) is 149 Å². The molecule has 1 rings (SSSR count). The lowest BCUT2D eigenvalue weighted by molar-refractivity contribution is -0.302. The van der Waals surface area contributed by atoms with Crippen LogP contribution in [0.1, 0.15) is 348 Å². The molecule has 0 aromatic rings. The Morgan fingerprint density at radius 2 is 0.685 bits per heavy atom. The second kappa shape index (κ2) is 54.5. The van der Waals surface area contributed by atoms with Crippen LogP contribution in [0.15, 0.2) is 0 Å². The molecular weight excluding hydrogens is 911 g/mol. The van der Waals surface area contributed by atoms with E-state index in [0.717, 1.165) is 38.5 Å². The Balaban J connectivity index is 2.07. The van der Waals surface area contributed by atoms with Crippen LogP contribution in [0.4, 0.5) is 0 Å². The van der Waals surface area contributed by atoms with Crippen molar-refractivity contribution in [3.8, 4) is 0 Å². The Kier molecular flexibility index (Phi) is 52.5. The van der Waals surface area contributed by atoms with Crippen molar-refractivity contribution in [2.45, 2.75) is 391 Å². The minimum Gasteiger partial charge on any atom is -0.394 e. The molecule has 2 unspecified atom stereocenters. The van der Waals surface area contributed by atoms with Crippen LogP contribution in [-0.2, 0) is 14.3 Å². The van der Waals surface area contributed by atoms with Gasteiger partial charge < -0.3 is 40.3 Å². The van der Waals surface area contributed by atoms with Crippen molar-refractivity contribution in [2.75, 3.05) is 13.2 Å². The van der Waals surface area contributed by atoms with E-state index in [1.807, 2.05) is 0 Å². The molecule has 6 N–H and O–H groups in total. The van der Waals surface area contributed by atoms with Gasteiger partial charge in [-0.25, -0.2) is 0 Å². The number of hydrogen-bond acceptors (Lipinski definition) is 8. The molecule has 1 fully saturated rings. The lowest BCUT2D eigenvalue weighted by Crippen LogP contribution is -2.60. The maximum Gasteiger partial charge on any atom is 0.220 e. The van der Waals surface area contributed by atoms with Gasteiger partial charge in [0.05, 0.1) is 25.4 Å². The molecule has 0 aliphatic carbocycles. The summed E-state index contributed by atoms with van der Waals surface area (Å²) in [6, 6.07) is -0.714. The lowest BCUT2D eigenvalue weighted by Gasteiger charge is -2.40. The molecule has 7 atom stereocenters. The van der Waals surface area contributed by atoms with Crippen LogP contribution in [0.2, 0.25) is 0 Å². The van der Waals surface area contributed by atoms with Crippen molar-refractivity contribution < 1.29 is 39.8 Å².